The van der Waals surface area contributed by atoms with Crippen molar-refractivity contribution in [2.24, 2.45) is 0 Å². The molecule has 9 nitrogen and oxygen atoms in total. The molecule has 3 rings (SSSR count). The number of hydrogen-bond donors (Lipinski definition) is 5. The third-order valence-corrected chi connectivity index (χ3v) is 5.10. The second kappa shape index (κ2) is 7.20. The fraction of sp³-hybridized carbons (Fsp3) is 0.467. The third kappa shape index (κ3) is 3.45. The van der Waals surface area contributed by atoms with Crippen LogP contribution in [0.25, 0.3) is 10.1 Å². The minimum Gasteiger partial charge on any atom is -0.394 e. The van der Waals surface area contributed by atoms with Crippen molar-refractivity contribution in [1.82, 2.24) is 9.27 Å². The van der Waals surface area contributed by atoms with Gasteiger partial charge in [-0.05, 0) is 12.1 Å². The van der Waals surface area contributed by atoms with Crippen LogP contribution < -0.4 is 10.9 Å². The summed E-state index contributed by atoms with van der Waals surface area (Å²) >= 11 is 1.13. The molecule has 2 heterocycles. The second-order valence-electron chi connectivity index (χ2n) is 5.75. The predicted molar refractivity (Wildman–Crippen MR) is 88.0 cm³/mol. The number of aromatic nitrogens is 1. The van der Waals surface area contributed by atoms with Crippen molar-refractivity contribution in [2.75, 3.05) is 6.61 Å². The number of rotatable bonds is 4. The lowest BCUT2D eigenvalue weighted by molar-refractivity contribution is -0.236. The highest BCUT2D eigenvalue weighted by atomic mass is 32.1. The number of nitrogens with one attached hydrogen (secondary N) is 1. The molecule has 2 aromatic rings. The van der Waals surface area contributed by atoms with Gasteiger partial charge in [0.05, 0.1) is 16.7 Å². The normalized spacial score (nSPS) is 29.7. The maximum Gasteiger partial charge on any atom is 0.268 e. The summed E-state index contributed by atoms with van der Waals surface area (Å²) in [5.74, 6) is -0.613. The summed E-state index contributed by atoms with van der Waals surface area (Å²) in [4.78, 5) is 24.4. The van der Waals surface area contributed by atoms with E-state index in [4.69, 9.17) is 9.84 Å². The van der Waals surface area contributed by atoms with E-state index >= 15 is 0 Å². The Labute approximate surface area is 145 Å². The highest BCUT2D eigenvalue weighted by Crippen LogP contribution is 2.20. The summed E-state index contributed by atoms with van der Waals surface area (Å²) in [7, 11) is 0. The van der Waals surface area contributed by atoms with E-state index in [9.17, 15) is 24.9 Å². The Morgan fingerprint density at radius 1 is 1.20 bits per heavy atom. The van der Waals surface area contributed by atoms with Crippen LogP contribution in [-0.4, -0.2) is 67.5 Å². The average Bonchev–Trinajstić information content (AvgIpc) is 2.91. The molecule has 0 saturated carbocycles. The first-order valence-corrected chi connectivity index (χ1v) is 8.38. The molecule has 0 radical (unpaired) electrons. The Kier molecular flexibility index (Phi) is 5.18. The first-order valence-electron chi connectivity index (χ1n) is 7.61. The molecule has 0 bridgehead atoms. The highest BCUT2D eigenvalue weighted by Gasteiger charge is 2.43. The van der Waals surface area contributed by atoms with Crippen molar-refractivity contribution in [3.63, 3.8) is 0 Å². The minimum absolute atomic E-state index is 0.285. The number of fused-ring (bicyclic) bond motifs is 1. The molecule has 1 fully saturated rings. The molecular weight excluding hydrogens is 352 g/mol. The largest absolute Gasteiger partial charge is 0.394 e. The van der Waals surface area contributed by atoms with Crippen molar-refractivity contribution in [3.05, 3.63) is 34.6 Å². The Bertz CT molecular complexity index is 818. The van der Waals surface area contributed by atoms with E-state index in [1.165, 1.54) is 3.96 Å². The molecular formula is C15H18N2O7S. The van der Waals surface area contributed by atoms with Crippen LogP contribution in [0.3, 0.4) is 0 Å². The first-order chi connectivity index (χ1) is 11.9. The van der Waals surface area contributed by atoms with E-state index in [1.54, 1.807) is 24.3 Å². The molecule has 0 spiro atoms. The smallest absolute Gasteiger partial charge is 0.268 e. The summed E-state index contributed by atoms with van der Waals surface area (Å²) in [6.45, 7) is -0.875. The predicted octanol–water partition coefficient (Wildman–Crippen LogP) is -2.02. The third-order valence-electron chi connectivity index (χ3n) is 4.04. The molecule has 25 heavy (non-hydrogen) atoms. The maximum absolute atomic E-state index is 12.2. The molecule has 10 heteroatoms. The molecule has 1 saturated heterocycles. The number of ether oxygens (including phenoxy) is 1. The van der Waals surface area contributed by atoms with Crippen LogP contribution in [0.2, 0.25) is 0 Å². The molecule has 5 N–H and O–H groups in total. The molecule has 1 aromatic carbocycles. The van der Waals surface area contributed by atoms with E-state index in [2.05, 4.69) is 5.32 Å². The van der Waals surface area contributed by atoms with Crippen molar-refractivity contribution < 1.29 is 30.0 Å². The zero-order chi connectivity index (χ0) is 18.1. The molecule has 3 unspecified atom stereocenters. The van der Waals surface area contributed by atoms with Gasteiger partial charge < -0.3 is 30.5 Å². The van der Waals surface area contributed by atoms with Crippen LogP contribution in [-0.2, 0) is 16.1 Å². The molecule has 1 amide bonds. The van der Waals surface area contributed by atoms with Gasteiger partial charge in [0.1, 0.15) is 31.0 Å². The van der Waals surface area contributed by atoms with Gasteiger partial charge >= 0.3 is 0 Å². The van der Waals surface area contributed by atoms with E-state index in [0.717, 1.165) is 16.2 Å². The van der Waals surface area contributed by atoms with Gasteiger partial charge in [-0.1, -0.05) is 23.7 Å². The molecule has 5 atom stereocenters. The summed E-state index contributed by atoms with van der Waals surface area (Å²) < 4.78 is 7.21. The number of carbonyl (C=O) groups is 1. The Morgan fingerprint density at radius 3 is 2.60 bits per heavy atom. The lowest BCUT2D eigenvalue weighted by atomic mass is 9.98. The SMILES string of the molecule is O=C(Cn1sc2ccccc2c1=O)N[C@@H]1OC(CO)[C@H](O)C(O)C1O. The number of nitrogens with zero attached hydrogens (tertiary/aromatic N) is 1. The van der Waals surface area contributed by atoms with Crippen molar-refractivity contribution >= 4 is 27.5 Å². The number of carbonyl (C=O) groups excluding carboxylic acids is 1. The van der Waals surface area contributed by atoms with E-state index in [-0.39, 0.29) is 12.1 Å². The van der Waals surface area contributed by atoms with Crippen LogP contribution >= 0.6 is 11.5 Å². The summed E-state index contributed by atoms with van der Waals surface area (Å²) in [6.07, 6.45) is -7.08. The van der Waals surface area contributed by atoms with Crippen molar-refractivity contribution in [1.29, 1.82) is 0 Å². The lowest BCUT2D eigenvalue weighted by Gasteiger charge is -2.40. The molecule has 0 aliphatic carbocycles. The van der Waals surface area contributed by atoms with Crippen LogP contribution in [0.4, 0.5) is 0 Å². The van der Waals surface area contributed by atoms with E-state index in [1.807, 2.05) is 0 Å². The zero-order valence-corrected chi connectivity index (χ0v) is 13.8. The van der Waals surface area contributed by atoms with E-state index in [0.29, 0.717) is 5.39 Å². The quantitative estimate of drug-likeness (QED) is 0.418. The maximum atomic E-state index is 12.2. The number of amides is 1. The Hall–Kier alpha value is -1.82. The Morgan fingerprint density at radius 2 is 1.92 bits per heavy atom. The standard InChI is InChI=1S/C15H18N2O7S/c18-6-8-11(20)12(21)13(22)14(24-8)16-10(19)5-17-15(23)7-3-1-2-4-9(7)25-17/h1-4,8,11-14,18,20-22H,5-6H2,(H,16,19)/t8?,11-,12?,13?,14+/m0/s1. The number of benzene rings is 1. The van der Waals surface area contributed by atoms with Gasteiger partial charge in [0.2, 0.25) is 5.91 Å². The molecule has 136 valence electrons. The zero-order valence-electron chi connectivity index (χ0n) is 13.0. The second-order valence-corrected chi connectivity index (χ2v) is 6.81. The number of hydrogen-bond acceptors (Lipinski definition) is 8. The fourth-order valence-electron chi connectivity index (χ4n) is 2.68. The van der Waals surface area contributed by atoms with Crippen LogP contribution in [0, 0.1) is 0 Å². The van der Waals surface area contributed by atoms with Gasteiger partial charge in [-0.3, -0.25) is 13.5 Å². The average molecular weight is 370 g/mol. The lowest BCUT2D eigenvalue weighted by Crippen LogP contribution is -2.63. The fourth-order valence-corrected chi connectivity index (χ4v) is 3.67. The van der Waals surface area contributed by atoms with Gasteiger partial charge in [0, 0.05) is 0 Å². The summed E-state index contributed by atoms with van der Waals surface area (Å²) in [5.41, 5.74) is -0.301. The Balaban J connectivity index is 1.71. The molecule has 1 aliphatic rings. The monoisotopic (exact) mass is 370 g/mol. The number of aliphatic hydroxyl groups is 4. The highest BCUT2D eigenvalue weighted by molar-refractivity contribution is 7.13. The first kappa shape index (κ1) is 18.0. The van der Waals surface area contributed by atoms with Gasteiger partial charge in [-0.15, -0.1) is 0 Å². The summed E-state index contributed by atoms with van der Waals surface area (Å²) in [6, 6.07) is 6.96. The van der Waals surface area contributed by atoms with Crippen LogP contribution in [0.15, 0.2) is 29.1 Å². The van der Waals surface area contributed by atoms with Crippen LogP contribution in [0.1, 0.15) is 0 Å². The van der Waals surface area contributed by atoms with Gasteiger partial charge in [0.15, 0.2) is 6.23 Å². The molecule has 1 aromatic heterocycles. The minimum atomic E-state index is -1.58. The topological polar surface area (TPSA) is 141 Å². The number of aliphatic hydroxyl groups excluding tert-OH is 4. The van der Waals surface area contributed by atoms with E-state index < -0.39 is 43.2 Å². The summed E-state index contributed by atoms with van der Waals surface area (Å²) in [5, 5.41) is 41.3. The van der Waals surface area contributed by atoms with Crippen molar-refractivity contribution in [3.8, 4) is 0 Å². The molecule has 1 aliphatic heterocycles. The van der Waals surface area contributed by atoms with Gasteiger partial charge in [-0.2, -0.15) is 0 Å². The van der Waals surface area contributed by atoms with Crippen LogP contribution in [0.5, 0.6) is 0 Å². The van der Waals surface area contributed by atoms with Gasteiger partial charge in [-0.25, -0.2) is 0 Å². The van der Waals surface area contributed by atoms with Crippen molar-refractivity contribution in [2.45, 2.75) is 37.2 Å². The van der Waals surface area contributed by atoms with Gasteiger partial charge in [0.25, 0.3) is 5.56 Å².